The summed E-state index contributed by atoms with van der Waals surface area (Å²) < 4.78 is 12.7. The molecule has 2 amide bonds. The number of phenols is 1. The SMILES string of the molecule is C[C@@H](NC(=O)Nc1ccc(F)cn1)c1cccc(O)c1. The molecule has 1 heterocycles. The van der Waals surface area contributed by atoms with Crippen molar-refractivity contribution in [1.82, 2.24) is 10.3 Å². The summed E-state index contributed by atoms with van der Waals surface area (Å²) in [4.78, 5) is 15.5. The molecule has 2 rings (SSSR count). The van der Waals surface area contributed by atoms with Crippen molar-refractivity contribution >= 4 is 11.8 Å². The van der Waals surface area contributed by atoms with Gasteiger partial charge in [-0.1, -0.05) is 12.1 Å². The van der Waals surface area contributed by atoms with Crippen molar-refractivity contribution in [3.8, 4) is 5.75 Å². The predicted molar refractivity (Wildman–Crippen MR) is 72.9 cm³/mol. The smallest absolute Gasteiger partial charge is 0.320 e. The van der Waals surface area contributed by atoms with Gasteiger partial charge in [0.2, 0.25) is 0 Å². The molecule has 0 unspecified atom stereocenters. The highest BCUT2D eigenvalue weighted by Gasteiger charge is 2.10. The van der Waals surface area contributed by atoms with Crippen molar-refractivity contribution in [2.45, 2.75) is 13.0 Å². The second-order valence-electron chi connectivity index (χ2n) is 4.28. The molecule has 1 atom stereocenters. The molecule has 0 spiro atoms. The number of nitrogens with one attached hydrogen (secondary N) is 2. The zero-order chi connectivity index (χ0) is 14.5. The van der Waals surface area contributed by atoms with E-state index in [1.165, 1.54) is 12.1 Å². The Morgan fingerprint density at radius 1 is 1.35 bits per heavy atom. The van der Waals surface area contributed by atoms with Crippen LogP contribution in [0.15, 0.2) is 42.6 Å². The summed E-state index contributed by atoms with van der Waals surface area (Å²) in [5, 5.41) is 14.6. The normalized spacial score (nSPS) is 11.7. The number of carbonyl (C=O) groups excluding carboxylic acids is 1. The number of hydrogen-bond acceptors (Lipinski definition) is 3. The molecule has 0 aliphatic heterocycles. The third kappa shape index (κ3) is 3.68. The summed E-state index contributed by atoms with van der Waals surface area (Å²) in [7, 11) is 0. The van der Waals surface area contributed by atoms with Gasteiger partial charge in [-0.2, -0.15) is 0 Å². The summed E-state index contributed by atoms with van der Waals surface area (Å²) >= 11 is 0. The van der Waals surface area contributed by atoms with Crippen molar-refractivity contribution < 1.29 is 14.3 Å². The summed E-state index contributed by atoms with van der Waals surface area (Å²) in [6, 6.07) is 8.44. The van der Waals surface area contributed by atoms with Gasteiger partial charge < -0.3 is 10.4 Å². The van der Waals surface area contributed by atoms with E-state index < -0.39 is 11.8 Å². The van der Waals surface area contributed by atoms with Gasteiger partial charge in [-0.3, -0.25) is 5.32 Å². The second-order valence-corrected chi connectivity index (χ2v) is 4.28. The first-order chi connectivity index (χ1) is 9.54. The Morgan fingerprint density at radius 2 is 2.15 bits per heavy atom. The Morgan fingerprint density at radius 3 is 2.80 bits per heavy atom. The Bertz CT molecular complexity index is 602. The number of urea groups is 1. The number of nitrogens with zero attached hydrogens (tertiary/aromatic N) is 1. The molecule has 104 valence electrons. The maximum Gasteiger partial charge on any atom is 0.320 e. The van der Waals surface area contributed by atoms with Gasteiger partial charge in [0.1, 0.15) is 17.4 Å². The lowest BCUT2D eigenvalue weighted by Crippen LogP contribution is -2.31. The molecule has 1 aromatic carbocycles. The van der Waals surface area contributed by atoms with Crippen molar-refractivity contribution in [3.05, 3.63) is 54.0 Å². The average molecular weight is 275 g/mol. The largest absolute Gasteiger partial charge is 0.508 e. The Kier molecular flexibility index (Phi) is 4.14. The topological polar surface area (TPSA) is 74.2 Å². The molecule has 0 aliphatic rings. The third-order valence-corrected chi connectivity index (χ3v) is 2.69. The molecule has 6 heteroatoms. The van der Waals surface area contributed by atoms with Gasteiger partial charge in [-0.15, -0.1) is 0 Å². The number of halogens is 1. The molecule has 0 saturated heterocycles. The van der Waals surface area contributed by atoms with Gasteiger partial charge in [0.15, 0.2) is 0 Å². The van der Waals surface area contributed by atoms with Crippen molar-refractivity contribution in [2.75, 3.05) is 5.32 Å². The van der Waals surface area contributed by atoms with Crippen molar-refractivity contribution in [3.63, 3.8) is 0 Å². The third-order valence-electron chi connectivity index (χ3n) is 2.69. The highest BCUT2D eigenvalue weighted by atomic mass is 19.1. The summed E-state index contributed by atoms with van der Waals surface area (Å²) in [5.41, 5.74) is 0.771. The monoisotopic (exact) mass is 275 g/mol. The van der Waals surface area contributed by atoms with Gasteiger partial charge >= 0.3 is 6.03 Å². The maximum atomic E-state index is 12.7. The van der Waals surface area contributed by atoms with E-state index in [9.17, 15) is 14.3 Å². The molecule has 3 N–H and O–H groups in total. The number of amides is 2. The van der Waals surface area contributed by atoms with Gasteiger partial charge in [-0.05, 0) is 36.8 Å². The van der Waals surface area contributed by atoms with Crippen LogP contribution in [0, 0.1) is 5.82 Å². The minimum atomic E-state index is -0.468. The molecule has 0 saturated carbocycles. The minimum Gasteiger partial charge on any atom is -0.508 e. The zero-order valence-corrected chi connectivity index (χ0v) is 10.8. The van der Waals surface area contributed by atoms with E-state index in [0.29, 0.717) is 0 Å². The highest BCUT2D eigenvalue weighted by molar-refractivity contribution is 5.88. The van der Waals surface area contributed by atoms with Crippen LogP contribution < -0.4 is 10.6 Å². The number of hydrogen-bond donors (Lipinski definition) is 3. The van der Waals surface area contributed by atoms with Crippen LogP contribution in [0.1, 0.15) is 18.5 Å². The summed E-state index contributed by atoms with van der Waals surface area (Å²) in [6.07, 6.45) is 1.02. The molecular formula is C14H14FN3O2. The number of anilines is 1. The molecule has 2 aromatic rings. The number of aromatic hydroxyl groups is 1. The van der Waals surface area contributed by atoms with E-state index in [2.05, 4.69) is 15.6 Å². The molecule has 1 aromatic heterocycles. The predicted octanol–water partition coefficient (Wildman–Crippen LogP) is 2.81. The number of rotatable bonds is 3. The van der Waals surface area contributed by atoms with Gasteiger partial charge in [-0.25, -0.2) is 14.2 Å². The lowest BCUT2D eigenvalue weighted by molar-refractivity contribution is 0.249. The fourth-order valence-corrected chi connectivity index (χ4v) is 1.68. The Balaban J connectivity index is 1.95. The Hall–Kier alpha value is -2.63. The number of benzene rings is 1. The number of pyridine rings is 1. The lowest BCUT2D eigenvalue weighted by atomic mass is 10.1. The van der Waals surface area contributed by atoms with E-state index >= 15 is 0 Å². The molecule has 0 radical (unpaired) electrons. The van der Waals surface area contributed by atoms with Crippen LogP contribution in [0.4, 0.5) is 15.0 Å². The molecular weight excluding hydrogens is 261 g/mol. The average Bonchev–Trinajstić information content (AvgIpc) is 2.41. The van der Waals surface area contributed by atoms with Crippen LogP contribution in [0.3, 0.4) is 0 Å². The fraction of sp³-hybridized carbons (Fsp3) is 0.143. The fourth-order valence-electron chi connectivity index (χ4n) is 1.68. The number of aromatic nitrogens is 1. The maximum absolute atomic E-state index is 12.7. The quantitative estimate of drug-likeness (QED) is 0.806. The Labute approximate surface area is 115 Å². The number of phenolic OH excluding ortho intramolecular Hbond substituents is 1. The summed E-state index contributed by atoms with van der Waals surface area (Å²) in [6.45, 7) is 1.78. The van der Waals surface area contributed by atoms with Crippen molar-refractivity contribution in [2.24, 2.45) is 0 Å². The van der Waals surface area contributed by atoms with Crippen LogP contribution in [0.2, 0.25) is 0 Å². The standard InChI is InChI=1S/C14H14FN3O2/c1-9(10-3-2-4-12(19)7-10)17-14(20)18-13-6-5-11(15)8-16-13/h2-9,19H,1H3,(H2,16,17,18,20)/t9-/m1/s1. The van der Waals surface area contributed by atoms with Crippen LogP contribution in [0.5, 0.6) is 5.75 Å². The molecule has 0 bridgehead atoms. The second kappa shape index (κ2) is 6.01. The van der Waals surface area contributed by atoms with E-state index in [4.69, 9.17) is 0 Å². The van der Waals surface area contributed by atoms with E-state index in [-0.39, 0.29) is 17.6 Å². The molecule has 5 nitrogen and oxygen atoms in total. The lowest BCUT2D eigenvalue weighted by Gasteiger charge is -2.15. The first kappa shape index (κ1) is 13.8. The van der Waals surface area contributed by atoms with Crippen LogP contribution in [-0.2, 0) is 0 Å². The van der Waals surface area contributed by atoms with Gasteiger partial charge in [0, 0.05) is 0 Å². The van der Waals surface area contributed by atoms with E-state index in [1.807, 2.05) is 0 Å². The first-order valence-electron chi connectivity index (χ1n) is 6.02. The van der Waals surface area contributed by atoms with Crippen molar-refractivity contribution in [1.29, 1.82) is 0 Å². The molecule has 0 fully saturated rings. The van der Waals surface area contributed by atoms with Crippen LogP contribution >= 0.6 is 0 Å². The number of carbonyl (C=O) groups is 1. The zero-order valence-electron chi connectivity index (χ0n) is 10.8. The molecule has 0 aliphatic carbocycles. The molecule has 20 heavy (non-hydrogen) atoms. The highest BCUT2D eigenvalue weighted by Crippen LogP contribution is 2.17. The minimum absolute atomic E-state index is 0.136. The summed E-state index contributed by atoms with van der Waals surface area (Å²) in [5.74, 6) is -0.0761. The van der Waals surface area contributed by atoms with E-state index in [0.717, 1.165) is 11.8 Å². The van der Waals surface area contributed by atoms with Crippen LogP contribution in [0.25, 0.3) is 0 Å². The first-order valence-corrected chi connectivity index (χ1v) is 6.02. The van der Waals surface area contributed by atoms with E-state index in [1.54, 1.807) is 31.2 Å². The van der Waals surface area contributed by atoms with Gasteiger partial charge in [0.05, 0.1) is 12.2 Å². The van der Waals surface area contributed by atoms with Gasteiger partial charge in [0.25, 0.3) is 0 Å². The van der Waals surface area contributed by atoms with Crippen LogP contribution in [-0.4, -0.2) is 16.1 Å².